The molecular formula is C21H22N2O6S. The molecule has 0 saturated carbocycles. The fourth-order valence-corrected chi connectivity index (χ4v) is 5.09. The van der Waals surface area contributed by atoms with E-state index in [0.717, 1.165) is 0 Å². The molecule has 2 aliphatic rings. The van der Waals surface area contributed by atoms with Gasteiger partial charge < -0.3 is 14.8 Å². The first kappa shape index (κ1) is 20.5. The minimum absolute atomic E-state index is 0.0152. The number of anilines is 1. The molecular weight excluding hydrogens is 408 g/mol. The van der Waals surface area contributed by atoms with Gasteiger partial charge in [0.25, 0.3) is 0 Å². The highest BCUT2D eigenvalue weighted by molar-refractivity contribution is 7.89. The molecule has 2 aromatic carbocycles. The number of morpholine rings is 1. The molecule has 2 aromatic rings. The number of nitrogens with zero attached hydrogens (tertiary/aromatic N) is 1. The van der Waals surface area contributed by atoms with Crippen LogP contribution in [0.2, 0.25) is 0 Å². The molecule has 0 spiro atoms. The molecule has 1 atom stereocenters. The van der Waals surface area contributed by atoms with Gasteiger partial charge >= 0.3 is 5.97 Å². The zero-order valence-electron chi connectivity index (χ0n) is 16.2. The van der Waals surface area contributed by atoms with E-state index in [0.29, 0.717) is 43.1 Å². The van der Waals surface area contributed by atoms with Crippen LogP contribution in [0.4, 0.5) is 5.69 Å². The summed E-state index contributed by atoms with van der Waals surface area (Å²) in [7, 11) is -3.63. The van der Waals surface area contributed by atoms with Crippen LogP contribution in [-0.2, 0) is 35.7 Å². The molecule has 2 heterocycles. The van der Waals surface area contributed by atoms with Crippen molar-refractivity contribution in [2.24, 2.45) is 0 Å². The number of fused-ring (bicyclic) bond motifs is 1. The van der Waals surface area contributed by atoms with Gasteiger partial charge in [0.2, 0.25) is 15.9 Å². The van der Waals surface area contributed by atoms with Crippen molar-refractivity contribution in [2.45, 2.75) is 23.8 Å². The lowest BCUT2D eigenvalue weighted by atomic mass is 9.91. The summed E-state index contributed by atoms with van der Waals surface area (Å²) >= 11 is 0. The topological polar surface area (TPSA) is 102 Å². The van der Waals surface area contributed by atoms with Crippen LogP contribution in [0.25, 0.3) is 0 Å². The highest BCUT2D eigenvalue weighted by Gasteiger charge is 2.32. The molecule has 4 rings (SSSR count). The summed E-state index contributed by atoms with van der Waals surface area (Å²) in [6.45, 7) is 1.28. The maximum absolute atomic E-state index is 12.8. The lowest BCUT2D eigenvalue weighted by molar-refractivity contribution is -0.148. The van der Waals surface area contributed by atoms with Crippen LogP contribution in [0.15, 0.2) is 53.4 Å². The molecule has 1 fully saturated rings. The number of para-hydroxylation sites is 1. The van der Waals surface area contributed by atoms with E-state index in [2.05, 4.69) is 5.32 Å². The lowest BCUT2D eigenvalue weighted by Crippen LogP contribution is -2.40. The van der Waals surface area contributed by atoms with Gasteiger partial charge in [-0.2, -0.15) is 4.31 Å². The van der Waals surface area contributed by atoms with Gasteiger partial charge in [0.1, 0.15) is 6.61 Å². The van der Waals surface area contributed by atoms with E-state index < -0.39 is 21.9 Å². The standard InChI is InChI=1S/C21H22N2O6S/c24-20-13-18(17-6-1-2-7-19(17)22-20)21(25)29-14-15-4-3-5-16(12-15)30(26,27)23-8-10-28-11-9-23/h1-7,12,18H,8-11,13-14H2,(H,22,24). The Labute approximate surface area is 174 Å². The number of ether oxygens (including phenoxy) is 2. The number of rotatable bonds is 5. The largest absolute Gasteiger partial charge is 0.460 e. The van der Waals surface area contributed by atoms with Gasteiger partial charge in [-0.25, -0.2) is 8.42 Å². The number of hydrogen-bond donors (Lipinski definition) is 1. The first-order valence-corrected chi connectivity index (χ1v) is 11.1. The second kappa shape index (κ2) is 8.55. The van der Waals surface area contributed by atoms with E-state index in [-0.39, 0.29) is 23.8 Å². The number of sulfonamides is 1. The van der Waals surface area contributed by atoms with Gasteiger partial charge in [0.05, 0.1) is 24.0 Å². The number of hydrogen-bond acceptors (Lipinski definition) is 6. The molecule has 1 unspecified atom stereocenters. The minimum atomic E-state index is -3.63. The molecule has 1 N–H and O–H groups in total. The van der Waals surface area contributed by atoms with E-state index in [9.17, 15) is 18.0 Å². The second-order valence-electron chi connectivity index (χ2n) is 7.16. The number of carbonyl (C=O) groups is 2. The summed E-state index contributed by atoms with van der Waals surface area (Å²) in [5.41, 5.74) is 1.88. The van der Waals surface area contributed by atoms with E-state index in [1.54, 1.807) is 36.4 Å². The molecule has 0 bridgehead atoms. The van der Waals surface area contributed by atoms with Crippen LogP contribution in [0.1, 0.15) is 23.5 Å². The summed E-state index contributed by atoms with van der Waals surface area (Å²) in [6.07, 6.45) is 0.0152. The Bertz CT molecular complexity index is 1060. The monoisotopic (exact) mass is 430 g/mol. The predicted octanol–water partition coefficient (Wildman–Crippen LogP) is 1.88. The van der Waals surface area contributed by atoms with Gasteiger partial charge in [-0.15, -0.1) is 0 Å². The Balaban J connectivity index is 1.46. The van der Waals surface area contributed by atoms with Crippen LogP contribution in [0.5, 0.6) is 0 Å². The third-order valence-electron chi connectivity index (χ3n) is 5.17. The zero-order valence-corrected chi connectivity index (χ0v) is 17.1. The Morgan fingerprint density at radius 3 is 2.70 bits per heavy atom. The van der Waals surface area contributed by atoms with E-state index >= 15 is 0 Å². The van der Waals surface area contributed by atoms with Gasteiger partial charge in [-0.05, 0) is 29.3 Å². The number of nitrogens with one attached hydrogen (secondary N) is 1. The second-order valence-corrected chi connectivity index (χ2v) is 9.10. The molecule has 9 heteroatoms. The number of esters is 1. The lowest BCUT2D eigenvalue weighted by Gasteiger charge is -2.26. The Morgan fingerprint density at radius 2 is 1.90 bits per heavy atom. The maximum Gasteiger partial charge on any atom is 0.314 e. The summed E-state index contributed by atoms with van der Waals surface area (Å²) in [5.74, 6) is -1.44. The highest BCUT2D eigenvalue weighted by atomic mass is 32.2. The van der Waals surface area contributed by atoms with Gasteiger partial charge in [-0.3, -0.25) is 9.59 Å². The third-order valence-corrected chi connectivity index (χ3v) is 7.07. The van der Waals surface area contributed by atoms with Gasteiger partial charge in [0, 0.05) is 25.2 Å². The molecule has 0 aromatic heterocycles. The van der Waals surface area contributed by atoms with Crippen LogP contribution in [-0.4, -0.2) is 50.9 Å². The molecule has 8 nitrogen and oxygen atoms in total. The summed E-state index contributed by atoms with van der Waals surface area (Å²) in [6, 6.07) is 13.5. The van der Waals surface area contributed by atoms with Crippen molar-refractivity contribution in [1.82, 2.24) is 4.31 Å². The van der Waals surface area contributed by atoms with Crippen LogP contribution in [0, 0.1) is 0 Å². The minimum Gasteiger partial charge on any atom is -0.460 e. The smallest absolute Gasteiger partial charge is 0.314 e. The van der Waals surface area contributed by atoms with E-state index in [4.69, 9.17) is 9.47 Å². The van der Waals surface area contributed by atoms with E-state index in [1.165, 1.54) is 16.4 Å². The maximum atomic E-state index is 12.8. The van der Waals surface area contributed by atoms with Crippen molar-refractivity contribution in [3.8, 4) is 0 Å². The number of benzene rings is 2. The van der Waals surface area contributed by atoms with Gasteiger partial charge in [0.15, 0.2) is 0 Å². The fraction of sp³-hybridized carbons (Fsp3) is 0.333. The van der Waals surface area contributed by atoms with Crippen LogP contribution < -0.4 is 5.32 Å². The SMILES string of the molecule is O=C1CC(C(=O)OCc2cccc(S(=O)(=O)N3CCOCC3)c2)c2ccccc2N1. The Hall–Kier alpha value is -2.75. The molecule has 1 amide bonds. The number of carbonyl (C=O) groups excluding carboxylic acids is 2. The summed E-state index contributed by atoms with van der Waals surface area (Å²) in [5, 5.41) is 2.75. The first-order chi connectivity index (χ1) is 14.4. The Morgan fingerprint density at radius 1 is 1.13 bits per heavy atom. The predicted molar refractivity (Wildman–Crippen MR) is 108 cm³/mol. The van der Waals surface area contributed by atoms with Gasteiger partial charge in [-0.1, -0.05) is 30.3 Å². The molecule has 30 heavy (non-hydrogen) atoms. The quantitative estimate of drug-likeness (QED) is 0.727. The van der Waals surface area contributed by atoms with Crippen molar-refractivity contribution < 1.29 is 27.5 Å². The third kappa shape index (κ3) is 4.23. The first-order valence-electron chi connectivity index (χ1n) is 9.67. The normalized spacial score (nSPS) is 19.6. The fourth-order valence-electron chi connectivity index (χ4n) is 3.61. The van der Waals surface area contributed by atoms with Crippen molar-refractivity contribution in [3.05, 3.63) is 59.7 Å². The summed E-state index contributed by atoms with van der Waals surface area (Å²) < 4.78 is 37.7. The molecule has 0 radical (unpaired) electrons. The van der Waals surface area contributed by atoms with Crippen molar-refractivity contribution in [1.29, 1.82) is 0 Å². The van der Waals surface area contributed by atoms with Crippen molar-refractivity contribution >= 4 is 27.6 Å². The van der Waals surface area contributed by atoms with Crippen molar-refractivity contribution in [2.75, 3.05) is 31.6 Å². The Kier molecular flexibility index (Phi) is 5.85. The molecule has 158 valence electrons. The number of amides is 1. The average molecular weight is 430 g/mol. The van der Waals surface area contributed by atoms with Crippen LogP contribution >= 0.6 is 0 Å². The summed E-state index contributed by atoms with van der Waals surface area (Å²) in [4.78, 5) is 24.7. The average Bonchev–Trinajstić information content (AvgIpc) is 2.77. The highest BCUT2D eigenvalue weighted by Crippen LogP contribution is 2.33. The van der Waals surface area contributed by atoms with E-state index in [1.807, 2.05) is 0 Å². The van der Waals surface area contributed by atoms with Crippen LogP contribution in [0.3, 0.4) is 0 Å². The molecule has 0 aliphatic carbocycles. The van der Waals surface area contributed by atoms with Crippen molar-refractivity contribution in [3.63, 3.8) is 0 Å². The molecule has 2 aliphatic heterocycles. The zero-order chi connectivity index (χ0) is 21.1. The molecule has 1 saturated heterocycles.